The van der Waals surface area contributed by atoms with Crippen LogP contribution in [0.1, 0.15) is 31.9 Å². The van der Waals surface area contributed by atoms with Gasteiger partial charge in [-0.3, -0.25) is 14.5 Å². The molecule has 4 rings (SSSR count). The highest BCUT2D eigenvalue weighted by molar-refractivity contribution is 6.30. The second kappa shape index (κ2) is 10.6. The summed E-state index contributed by atoms with van der Waals surface area (Å²) in [5, 5.41) is 3.15. The molecule has 1 fully saturated rings. The van der Waals surface area contributed by atoms with Gasteiger partial charge in [-0.25, -0.2) is 4.39 Å². The Morgan fingerprint density at radius 2 is 1.54 bits per heavy atom. The minimum Gasteiger partial charge on any atom is -0.493 e. The first-order chi connectivity index (χ1) is 18.5. The van der Waals surface area contributed by atoms with E-state index in [-0.39, 0.29) is 16.2 Å². The number of likely N-dealkylation sites (tertiary alicyclic amines) is 1. The Kier molecular flexibility index (Phi) is 7.61. The summed E-state index contributed by atoms with van der Waals surface area (Å²) in [5.74, 6) is -0.801. The molecule has 1 heterocycles. The highest BCUT2D eigenvalue weighted by Gasteiger charge is 2.60. The Morgan fingerprint density at radius 3 is 2.05 bits per heavy atom. The third-order valence-electron chi connectivity index (χ3n) is 6.49. The van der Waals surface area contributed by atoms with Crippen molar-refractivity contribution in [1.82, 2.24) is 4.90 Å². The van der Waals surface area contributed by atoms with Gasteiger partial charge in [0.1, 0.15) is 5.82 Å². The highest BCUT2D eigenvalue weighted by Crippen LogP contribution is 2.48. The van der Waals surface area contributed by atoms with Gasteiger partial charge in [0, 0.05) is 23.4 Å². The van der Waals surface area contributed by atoms with Crippen LogP contribution in [0.15, 0.2) is 66.2 Å². The van der Waals surface area contributed by atoms with E-state index < -0.39 is 28.7 Å². The summed E-state index contributed by atoms with van der Waals surface area (Å²) in [6, 6.07) is 16.4. The highest BCUT2D eigenvalue weighted by atomic mass is 35.5. The predicted octanol–water partition coefficient (Wildman–Crippen LogP) is 6.06. The lowest BCUT2D eigenvalue weighted by Crippen LogP contribution is -2.50. The smallest absolute Gasteiger partial charge is 0.265 e. The number of amides is 2. The molecule has 3 aromatic rings. The number of methoxy groups -OCH3 is 3. The van der Waals surface area contributed by atoms with Crippen LogP contribution in [0.2, 0.25) is 5.02 Å². The molecule has 39 heavy (non-hydrogen) atoms. The molecule has 1 N–H and O–H groups in total. The van der Waals surface area contributed by atoms with Crippen molar-refractivity contribution in [3.8, 4) is 17.2 Å². The number of anilines is 1. The number of nitrogens with zero attached hydrogens (tertiary/aromatic N) is 1. The lowest BCUT2D eigenvalue weighted by molar-refractivity contribution is -0.144. The van der Waals surface area contributed by atoms with Crippen molar-refractivity contribution in [3.05, 3.63) is 88.2 Å². The van der Waals surface area contributed by atoms with Crippen molar-refractivity contribution in [2.75, 3.05) is 26.6 Å². The zero-order valence-electron chi connectivity index (χ0n) is 22.6. The number of benzene rings is 3. The predicted molar refractivity (Wildman–Crippen MR) is 149 cm³/mol. The van der Waals surface area contributed by atoms with E-state index in [4.69, 9.17) is 25.8 Å². The first kappa shape index (κ1) is 28.0. The molecule has 0 bridgehead atoms. The van der Waals surface area contributed by atoms with Crippen molar-refractivity contribution in [2.45, 2.75) is 31.8 Å². The first-order valence-electron chi connectivity index (χ1n) is 12.2. The Balaban J connectivity index is 2.07. The maximum Gasteiger partial charge on any atom is 0.265 e. The van der Waals surface area contributed by atoms with Crippen LogP contribution in [0, 0.1) is 5.82 Å². The molecule has 0 aliphatic carbocycles. The Morgan fingerprint density at radius 1 is 0.923 bits per heavy atom. The molecule has 1 aliphatic heterocycles. The molecule has 0 radical (unpaired) electrons. The van der Waals surface area contributed by atoms with Gasteiger partial charge < -0.3 is 19.5 Å². The van der Waals surface area contributed by atoms with Gasteiger partial charge in [-0.05, 0) is 50.1 Å². The largest absolute Gasteiger partial charge is 0.493 e. The average Bonchev–Trinajstić information content (AvgIpc) is 3.11. The zero-order chi connectivity index (χ0) is 28.5. The molecule has 204 valence electrons. The summed E-state index contributed by atoms with van der Waals surface area (Å²) in [4.78, 5) is 29.7. The molecule has 0 spiro atoms. The van der Waals surface area contributed by atoms with E-state index in [1.807, 2.05) is 30.3 Å². The van der Waals surface area contributed by atoms with E-state index in [2.05, 4.69) is 5.32 Å². The van der Waals surface area contributed by atoms with E-state index >= 15 is 0 Å². The van der Waals surface area contributed by atoms with Gasteiger partial charge in [0.25, 0.3) is 11.8 Å². The Labute approximate surface area is 232 Å². The SMILES string of the molecule is COc1cc(NC2(c3ccc(Cl)c(F)c3)C(=O)N(C(C)(C)C)C(=O)C2=Cc2ccccc2)cc(OC)c1OC. The van der Waals surface area contributed by atoms with Crippen LogP contribution in [0.5, 0.6) is 17.2 Å². The van der Waals surface area contributed by atoms with Gasteiger partial charge in [0.05, 0.1) is 31.9 Å². The molecule has 1 saturated heterocycles. The third kappa shape index (κ3) is 4.92. The van der Waals surface area contributed by atoms with Crippen LogP contribution in [-0.2, 0) is 15.1 Å². The molecule has 2 amide bonds. The number of halogens is 2. The summed E-state index contributed by atoms with van der Waals surface area (Å²) in [6.45, 7) is 5.29. The summed E-state index contributed by atoms with van der Waals surface area (Å²) >= 11 is 6.02. The van der Waals surface area contributed by atoms with Crippen LogP contribution >= 0.6 is 11.6 Å². The van der Waals surface area contributed by atoms with Gasteiger partial charge in [-0.15, -0.1) is 0 Å². The fraction of sp³-hybridized carbons (Fsp3) is 0.267. The zero-order valence-corrected chi connectivity index (χ0v) is 23.4. The van der Waals surface area contributed by atoms with E-state index in [0.717, 1.165) is 0 Å². The van der Waals surface area contributed by atoms with E-state index in [0.29, 0.717) is 28.5 Å². The van der Waals surface area contributed by atoms with Crippen molar-refractivity contribution in [1.29, 1.82) is 0 Å². The quantitative estimate of drug-likeness (QED) is 0.283. The van der Waals surface area contributed by atoms with Crippen LogP contribution in [0.3, 0.4) is 0 Å². The average molecular weight is 553 g/mol. The number of imide groups is 1. The van der Waals surface area contributed by atoms with Gasteiger partial charge in [-0.1, -0.05) is 48.0 Å². The van der Waals surface area contributed by atoms with Crippen molar-refractivity contribution >= 4 is 35.2 Å². The maximum absolute atomic E-state index is 14.9. The first-order valence-corrected chi connectivity index (χ1v) is 12.6. The van der Waals surface area contributed by atoms with Crippen molar-refractivity contribution in [3.63, 3.8) is 0 Å². The molecule has 7 nitrogen and oxygen atoms in total. The van der Waals surface area contributed by atoms with Gasteiger partial charge >= 0.3 is 0 Å². The van der Waals surface area contributed by atoms with E-state index in [1.165, 1.54) is 44.4 Å². The molecule has 3 aromatic carbocycles. The molecule has 1 aliphatic rings. The van der Waals surface area contributed by atoms with Crippen LogP contribution in [-0.4, -0.2) is 43.6 Å². The van der Waals surface area contributed by atoms with E-state index in [1.54, 1.807) is 39.0 Å². The van der Waals surface area contributed by atoms with Crippen LogP contribution in [0.25, 0.3) is 6.08 Å². The normalized spacial score (nSPS) is 18.5. The monoisotopic (exact) mass is 552 g/mol. The summed E-state index contributed by atoms with van der Waals surface area (Å²) in [6.07, 6.45) is 1.64. The number of hydrogen-bond acceptors (Lipinski definition) is 6. The Bertz CT molecular complexity index is 1430. The van der Waals surface area contributed by atoms with Gasteiger partial charge in [0.2, 0.25) is 5.75 Å². The number of rotatable bonds is 7. The summed E-state index contributed by atoms with van der Waals surface area (Å²) in [7, 11) is 4.42. The number of nitrogens with one attached hydrogen (secondary N) is 1. The number of carbonyl (C=O) groups is 2. The van der Waals surface area contributed by atoms with Gasteiger partial charge in [-0.2, -0.15) is 0 Å². The van der Waals surface area contributed by atoms with Crippen LogP contribution in [0.4, 0.5) is 10.1 Å². The molecule has 0 saturated carbocycles. The van der Waals surface area contributed by atoms with Crippen molar-refractivity contribution in [2.24, 2.45) is 0 Å². The summed E-state index contributed by atoms with van der Waals surface area (Å²) < 4.78 is 31.4. The third-order valence-corrected chi connectivity index (χ3v) is 6.80. The topological polar surface area (TPSA) is 77.1 Å². The molecular weight excluding hydrogens is 523 g/mol. The Hall–Kier alpha value is -4.04. The molecule has 1 atom stereocenters. The second-order valence-corrected chi connectivity index (χ2v) is 10.4. The van der Waals surface area contributed by atoms with Gasteiger partial charge in [0.15, 0.2) is 17.0 Å². The second-order valence-electron chi connectivity index (χ2n) is 10.0. The summed E-state index contributed by atoms with van der Waals surface area (Å²) in [5.41, 5.74) is -1.33. The standard InChI is InChI=1S/C30H30ClFN2O5/c1-29(2,3)34-27(35)21(14-18-10-8-7-9-11-18)30(28(34)36,19-12-13-22(31)23(32)15-19)33-20-16-24(37-4)26(39-6)25(17-20)38-5/h7-17,33H,1-6H3. The fourth-order valence-corrected chi connectivity index (χ4v) is 4.84. The fourth-order valence-electron chi connectivity index (χ4n) is 4.72. The minimum atomic E-state index is -1.82. The lowest BCUT2D eigenvalue weighted by atomic mass is 9.82. The molecular formula is C30H30ClFN2O5. The van der Waals surface area contributed by atoms with Crippen molar-refractivity contribution < 1.29 is 28.2 Å². The molecule has 9 heteroatoms. The molecule has 0 aromatic heterocycles. The number of ether oxygens (including phenoxy) is 3. The van der Waals surface area contributed by atoms with Crippen LogP contribution < -0.4 is 19.5 Å². The maximum atomic E-state index is 14.9. The molecule has 1 unspecified atom stereocenters. The number of carbonyl (C=O) groups excluding carboxylic acids is 2. The van der Waals surface area contributed by atoms with E-state index in [9.17, 15) is 14.0 Å². The number of hydrogen-bond donors (Lipinski definition) is 1. The lowest BCUT2D eigenvalue weighted by Gasteiger charge is -2.34. The minimum absolute atomic E-state index is 0.111.